The summed E-state index contributed by atoms with van der Waals surface area (Å²) in [6, 6.07) is 7.87. The summed E-state index contributed by atoms with van der Waals surface area (Å²) in [4.78, 5) is 17.4. The van der Waals surface area contributed by atoms with Crippen LogP contribution < -0.4 is 10.9 Å². The minimum Gasteiger partial charge on any atom is -0.379 e. The lowest BCUT2D eigenvalue weighted by atomic mass is 10.0. The van der Waals surface area contributed by atoms with Crippen LogP contribution in [0.5, 0.6) is 0 Å². The minimum atomic E-state index is -4.42. The highest BCUT2D eigenvalue weighted by molar-refractivity contribution is 5.90. The average Bonchev–Trinajstić information content (AvgIpc) is 3.45. The van der Waals surface area contributed by atoms with Crippen LogP contribution in [0.25, 0.3) is 16.6 Å². The van der Waals surface area contributed by atoms with E-state index >= 15 is 0 Å². The maximum atomic E-state index is 13.2. The van der Waals surface area contributed by atoms with E-state index in [0.29, 0.717) is 41.1 Å². The van der Waals surface area contributed by atoms with E-state index in [2.05, 4.69) is 15.4 Å². The average molecular weight is 443 g/mol. The van der Waals surface area contributed by atoms with Gasteiger partial charge in [0.25, 0.3) is 5.56 Å². The van der Waals surface area contributed by atoms with Crippen molar-refractivity contribution >= 4 is 22.4 Å². The number of benzene rings is 1. The second kappa shape index (κ2) is 7.63. The van der Waals surface area contributed by atoms with Gasteiger partial charge in [0.2, 0.25) is 0 Å². The summed E-state index contributed by atoms with van der Waals surface area (Å²) in [5.41, 5.74) is 0.688. The summed E-state index contributed by atoms with van der Waals surface area (Å²) in [6.07, 6.45) is -0.382. The maximum Gasteiger partial charge on any atom is 0.416 e. The molecule has 0 saturated carbocycles. The molecule has 166 valence electrons. The van der Waals surface area contributed by atoms with Crippen LogP contribution >= 0.6 is 0 Å². The number of nitrogens with one attached hydrogen (secondary N) is 1. The van der Waals surface area contributed by atoms with Gasteiger partial charge in [-0.2, -0.15) is 18.3 Å². The molecule has 5 rings (SSSR count). The van der Waals surface area contributed by atoms with Crippen LogP contribution in [0.15, 0.2) is 53.6 Å². The molecule has 0 radical (unpaired) electrons. The number of hydrogen-bond acceptors (Lipinski definition) is 5. The molecule has 0 unspecified atom stereocenters. The van der Waals surface area contributed by atoms with Gasteiger partial charge in [0, 0.05) is 31.0 Å². The van der Waals surface area contributed by atoms with Gasteiger partial charge in [-0.1, -0.05) is 12.1 Å². The molecule has 1 aromatic carbocycles. The molecule has 0 bridgehead atoms. The molecule has 32 heavy (non-hydrogen) atoms. The van der Waals surface area contributed by atoms with Crippen LogP contribution in [-0.2, 0) is 10.9 Å². The molecular weight excluding hydrogens is 423 g/mol. The molecule has 0 spiro atoms. The summed E-state index contributed by atoms with van der Waals surface area (Å²) < 4.78 is 48.1. The fraction of sp³-hybridized carbons (Fsp3) is 0.318. The zero-order valence-electron chi connectivity index (χ0n) is 17.1. The summed E-state index contributed by atoms with van der Waals surface area (Å²) in [5, 5.41) is 8.14. The van der Waals surface area contributed by atoms with Gasteiger partial charge in [-0.25, -0.2) is 9.50 Å². The largest absolute Gasteiger partial charge is 0.416 e. The Morgan fingerprint density at radius 3 is 2.84 bits per heavy atom. The van der Waals surface area contributed by atoms with Gasteiger partial charge in [-0.05, 0) is 31.0 Å². The first-order valence-electron chi connectivity index (χ1n) is 10.2. The Hall–Kier alpha value is -3.40. The van der Waals surface area contributed by atoms with E-state index in [-0.39, 0.29) is 11.6 Å². The van der Waals surface area contributed by atoms with E-state index in [9.17, 15) is 18.0 Å². The van der Waals surface area contributed by atoms with Gasteiger partial charge < -0.3 is 14.6 Å². The van der Waals surface area contributed by atoms with Gasteiger partial charge in [-0.15, -0.1) is 0 Å². The normalized spacial score (nSPS) is 17.8. The lowest BCUT2D eigenvalue weighted by Gasteiger charge is -2.19. The molecule has 1 aliphatic rings. The van der Waals surface area contributed by atoms with Crippen molar-refractivity contribution in [3.05, 3.63) is 70.3 Å². The van der Waals surface area contributed by atoms with E-state index in [1.807, 2.05) is 0 Å². The van der Waals surface area contributed by atoms with Crippen LogP contribution in [0, 0.1) is 0 Å². The van der Waals surface area contributed by atoms with Crippen LogP contribution in [0.2, 0.25) is 0 Å². The van der Waals surface area contributed by atoms with Crippen molar-refractivity contribution in [3.8, 4) is 0 Å². The number of rotatable bonds is 4. The lowest BCUT2D eigenvalue weighted by Crippen LogP contribution is -2.24. The third kappa shape index (κ3) is 3.60. The second-order valence-corrected chi connectivity index (χ2v) is 7.89. The zero-order chi connectivity index (χ0) is 22.5. The lowest BCUT2D eigenvalue weighted by molar-refractivity contribution is -0.137. The molecule has 1 aliphatic heterocycles. The Balaban J connectivity index is 1.61. The number of alkyl halides is 3. The van der Waals surface area contributed by atoms with Gasteiger partial charge >= 0.3 is 6.18 Å². The number of anilines is 1. The summed E-state index contributed by atoms with van der Waals surface area (Å²) >= 11 is 0. The van der Waals surface area contributed by atoms with Gasteiger partial charge in [0.1, 0.15) is 5.82 Å². The third-order valence-corrected chi connectivity index (χ3v) is 5.76. The molecule has 1 N–H and O–H groups in total. The second-order valence-electron chi connectivity index (χ2n) is 7.89. The molecule has 10 heteroatoms. The number of halogens is 3. The molecule has 0 amide bonds. The molecule has 0 aliphatic carbocycles. The first kappa shape index (κ1) is 20.5. The first-order valence-corrected chi connectivity index (χ1v) is 10.2. The SMILES string of the molecule is C[C@@H](Nc1nc2ccnn2c2cc(=O)n([C@H]3CCOC3)cc12)c1cccc(C(F)(F)F)c1. The van der Waals surface area contributed by atoms with Crippen LogP contribution in [0.3, 0.4) is 0 Å². The highest BCUT2D eigenvalue weighted by atomic mass is 19.4. The van der Waals surface area contributed by atoms with Crippen molar-refractivity contribution in [2.24, 2.45) is 0 Å². The first-order chi connectivity index (χ1) is 15.3. The van der Waals surface area contributed by atoms with Crippen molar-refractivity contribution in [1.82, 2.24) is 19.2 Å². The maximum absolute atomic E-state index is 13.2. The highest BCUT2D eigenvalue weighted by Crippen LogP contribution is 2.32. The molecule has 1 saturated heterocycles. The Morgan fingerprint density at radius 2 is 2.09 bits per heavy atom. The molecule has 2 atom stereocenters. The number of aromatic nitrogens is 4. The van der Waals surface area contributed by atoms with Gasteiger partial charge in [-0.3, -0.25) is 4.79 Å². The van der Waals surface area contributed by atoms with Crippen molar-refractivity contribution < 1.29 is 17.9 Å². The number of fused-ring (bicyclic) bond motifs is 3. The fourth-order valence-corrected chi connectivity index (χ4v) is 4.05. The van der Waals surface area contributed by atoms with E-state index in [1.165, 1.54) is 12.1 Å². The third-order valence-electron chi connectivity index (χ3n) is 5.76. The Labute approximate surface area is 180 Å². The quantitative estimate of drug-likeness (QED) is 0.512. The van der Waals surface area contributed by atoms with E-state index in [4.69, 9.17) is 4.74 Å². The Morgan fingerprint density at radius 1 is 1.25 bits per heavy atom. The molecule has 7 nitrogen and oxygen atoms in total. The van der Waals surface area contributed by atoms with Crippen LogP contribution in [-0.4, -0.2) is 32.4 Å². The van der Waals surface area contributed by atoms with Crippen molar-refractivity contribution in [2.45, 2.75) is 31.6 Å². The number of nitrogens with zero attached hydrogens (tertiary/aromatic N) is 4. The predicted octanol–water partition coefficient (Wildman–Crippen LogP) is 4.20. The molecule has 3 aromatic heterocycles. The van der Waals surface area contributed by atoms with E-state index in [1.54, 1.807) is 40.5 Å². The number of pyridine rings is 1. The number of ether oxygens (including phenoxy) is 1. The number of hydrogen-bond donors (Lipinski definition) is 1. The monoisotopic (exact) mass is 443 g/mol. The molecular formula is C22H20F3N5O2. The standard InChI is InChI=1S/C22H20F3N5O2/c1-13(14-3-2-4-15(9-14)22(23,24)25)27-21-17-11-29(16-6-8-32-12-16)20(31)10-18(17)30-19(28-21)5-7-26-30/h2-5,7,9-11,13,16H,6,8,12H2,1H3,(H,27,28)/t13-,16+/m1/s1. The summed E-state index contributed by atoms with van der Waals surface area (Å²) in [7, 11) is 0. The van der Waals surface area contributed by atoms with Crippen molar-refractivity contribution in [2.75, 3.05) is 18.5 Å². The van der Waals surface area contributed by atoms with Gasteiger partial charge in [0.05, 0.1) is 35.3 Å². The minimum absolute atomic E-state index is 0.0750. The van der Waals surface area contributed by atoms with Crippen molar-refractivity contribution in [3.63, 3.8) is 0 Å². The van der Waals surface area contributed by atoms with E-state index in [0.717, 1.165) is 18.6 Å². The van der Waals surface area contributed by atoms with Crippen molar-refractivity contribution in [1.29, 1.82) is 0 Å². The topological polar surface area (TPSA) is 73.5 Å². The van der Waals surface area contributed by atoms with E-state index < -0.39 is 17.8 Å². The van der Waals surface area contributed by atoms with Crippen LogP contribution in [0.4, 0.5) is 19.0 Å². The highest BCUT2D eigenvalue weighted by Gasteiger charge is 2.30. The van der Waals surface area contributed by atoms with Crippen LogP contribution in [0.1, 0.15) is 36.6 Å². The summed E-state index contributed by atoms with van der Waals surface area (Å²) in [5.74, 6) is 0.463. The summed E-state index contributed by atoms with van der Waals surface area (Å²) in [6.45, 7) is 2.81. The Bertz CT molecular complexity index is 1360. The molecule has 4 heterocycles. The molecule has 4 aromatic rings. The smallest absolute Gasteiger partial charge is 0.379 e. The Kier molecular flexibility index (Phi) is 4.89. The fourth-order valence-electron chi connectivity index (χ4n) is 4.05. The molecule has 1 fully saturated rings. The van der Waals surface area contributed by atoms with Gasteiger partial charge in [0.15, 0.2) is 5.65 Å². The predicted molar refractivity (Wildman–Crippen MR) is 113 cm³/mol. The zero-order valence-corrected chi connectivity index (χ0v) is 17.1.